The quantitative estimate of drug-likeness (QED) is 0.873. The van der Waals surface area contributed by atoms with Crippen LogP contribution >= 0.6 is 11.3 Å². The molecule has 2 rings (SSSR count). The SMILES string of the molecule is CC(C)c1nn(C)c(NCCc2cccs2)c1N. The van der Waals surface area contributed by atoms with Crippen molar-refractivity contribution in [2.45, 2.75) is 26.2 Å². The predicted molar refractivity (Wildman–Crippen MR) is 78.2 cm³/mol. The Hall–Kier alpha value is -1.49. The molecule has 5 heteroatoms. The van der Waals surface area contributed by atoms with Crippen molar-refractivity contribution in [2.75, 3.05) is 17.6 Å². The van der Waals surface area contributed by atoms with Crippen LogP contribution in [0.25, 0.3) is 0 Å². The van der Waals surface area contributed by atoms with Gasteiger partial charge in [-0.05, 0) is 23.8 Å². The molecule has 0 unspecified atom stereocenters. The first-order chi connectivity index (χ1) is 8.59. The van der Waals surface area contributed by atoms with Crippen LogP contribution in [0.2, 0.25) is 0 Å². The van der Waals surface area contributed by atoms with Gasteiger partial charge in [-0.1, -0.05) is 19.9 Å². The largest absolute Gasteiger partial charge is 0.394 e. The standard InChI is InChI=1S/C13H20N4S/c1-9(2)12-11(14)13(17(3)16-12)15-7-6-10-5-4-8-18-10/h4-5,8-9,15H,6-7,14H2,1-3H3. The van der Waals surface area contributed by atoms with Crippen molar-refractivity contribution in [1.82, 2.24) is 9.78 Å². The summed E-state index contributed by atoms with van der Waals surface area (Å²) in [4.78, 5) is 1.38. The summed E-state index contributed by atoms with van der Waals surface area (Å²) in [7, 11) is 1.93. The molecule has 3 N–H and O–H groups in total. The number of aryl methyl sites for hydroxylation is 1. The van der Waals surface area contributed by atoms with Crippen LogP contribution in [-0.4, -0.2) is 16.3 Å². The molecule has 0 bridgehead atoms. The minimum absolute atomic E-state index is 0.351. The molecule has 98 valence electrons. The normalized spacial score (nSPS) is 11.1. The van der Waals surface area contributed by atoms with Gasteiger partial charge in [-0.3, -0.25) is 4.68 Å². The maximum atomic E-state index is 6.12. The van der Waals surface area contributed by atoms with Gasteiger partial charge in [0.05, 0.1) is 11.4 Å². The number of anilines is 2. The van der Waals surface area contributed by atoms with Gasteiger partial charge in [0, 0.05) is 18.5 Å². The Morgan fingerprint density at radius 2 is 2.28 bits per heavy atom. The van der Waals surface area contributed by atoms with E-state index in [1.165, 1.54) is 4.88 Å². The Morgan fingerprint density at radius 1 is 1.50 bits per heavy atom. The average molecular weight is 264 g/mol. The molecule has 0 aliphatic heterocycles. The molecule has 0 saturated carbocycles. The molecule has 0 amide bonds. The van der Waals surface area contributed by atoms with Crippen molar-refractivity contribution in [3.8, 4) is 0 Å². The molecule has 0 saturated heterocycles. The van der Waals surface area contributed by atoms with Crippen molar-refractivity contribution in [2.24, 2.45) is 7.05 Å². The van der Waals surface area contributed by atoms with Gasteiger partial charge in [-0.25, -0.2) is 0 Å². The molecule has 2 aromatic rings. The van der Waals surface area contributed by atoms with Crippen LogP contribution in [0.1, 0.15) is 30.3 Å². The Bertz CT molecular complexity index is 499. The molecule has 0 fully saturated rings. The van der Waals surface area contributed by atoms with Gasteiger partial charge in [0.25, 0.3) is 0 Å². The van der Waals surface area contributed by atoms with Crippen molar-refractivity contribution >= 4 is 22.8 Å². The minimum Gasteiger partial charge on any atom is -0.394 e. The van der Waals surface area contributed by atoms with Gasteiger partial charge in [-0.15, -0.1) is 11.3 Å². The summed E-state index contributed by atoms with van der Waals surface area (Å²) < 4.78 is 1.83. The Kier molecular flexibility index (Phi) is 3.91. The minimum atomic E-state index is 0.351. The fourth-order valence-corrected chi connectivity index (χ4v) is 2.67. The number of hydrogen-bond donors (Lipinski definition) is 2. The van der Waals surface area contributed by atoms with Crippen LogP contribution in [0.4, 0.5) is 11.5 Å². The van der Waals surface area contributed by atoms with Gasteiger partial charge >= 0.3 is 0 Å². The van der Waals surface area contributed by atoms with Gasteiger partial charge in [0.2, 0.25) is 0 Å². The van der Waals surface area contributed by atoms with Crippen molar-refractivity contribution in [1.29, 1.82) is 0 Å². The molecule has 2 aromatic heterocycles. The number of aromatic nitrogens is 2. The zero-order valence-electron chi connectivity index (χ0n) is 11.1. The highest BCUT2D eigenvalue weighted by Gasteiger charge is 2.15. The first-order valence-electron chi connectivity index (χ1n) is 6.18. The monoisotopic (exact) mass is 264 g/mol. The van der Waals surface area contributed by atoms with E-state index in [-0.39, 0.29) is 0 Å². The molecular weight excluding hydrogens is 244 g/mol. The summed E-state index contributed by atoms with van der Waals surface area (Å²) in [5, 5.41) is 9.94. The van der Waals surface area contributed by atoms with Gasteiger partial charge in [0.1, 0.15) is 5.82 Å². The number of nitrogens with one attached hydrogen (secondary N) is 1. The molecule has 18 heavy (non-hydrogen) atoms. The van der Waals surface area contributed by atoms with Crippen LogP contribution in [0.3, 0.4) is 0 Å². The number of thiophene rings is 1. The fourth-order valence-electron chi connectivity index (χ4n) is 1.96. The first kappa shape index (κ1) is 13.0. The lowest BCUT2D eigenvalue weighted by atomic mass is 10.1. The van der Waals surface area contributed by atoms with Gasteiger partial charge in [0.15, 0.2) is 0 Å². The van der Waals surface area contributed by atoms with Gasteiger partial charge in [-0.2, -0.15) is 5.10 Å². The third kappa shape index (κ3) is 2.67. The third-order valence-electron chi connectivity index (χ3n) is 2.90. The maximum Gasteiger partial charge on any atom is 0.147 e. The number of hydrogen-bond acceptors (Lipinski definition) is 4. The van der Waals surface area contributed by atoms with Crippen molar-refractivity contribution < 1.29 is 0 Å². The average Bonchev–Trinajstić information content (AvgIpc) is 2.91. The second-order valence-corrected chi connectivity index (χ2v) is 5.71. The Labute approximate surface area is 112 Å². The molecule has 0 radical (unpaired) electrons. The number of nitrogen functional groups attached to an aromatic ring is 1. The van der Waals surface area contributed by atoms with E-state index in [1.54, 1.807) is 11.3 Å². The predicted octanol–water partition coefficient (Wildman–Crippen LogP) is 2.84. The highest BCUT2D eigenvalue weighted by molar-refractivity contribution is 7.09. The number of nitrogens with zero attached hydrogens (tertiary/aromatic N) is 2. The van der Waals surface area contributed by atoms with E-state index in [2.05, 4.69) is 41.8 Å². The zero-order chi connectivity index (χ0) is 13.1. The molecule has 0 atom stereocenters. The highest BCUT2D eigenvalue weighted by Crippen LogP contribution is 2.27. The van der Waals surface area contributed by atoms with Crippen LogP contribution in [0, 0.1) is 0 Å². The zero-order valence-corrected chi connectivity index (χ0v) is 11.9. The van der Waals surface area contributed by atoms with E-state index in [4.69, 9.17) is 5.73 Å². The van der Waals surface area contributed by atoms with Crippen LogP contribution in [0.5, 0.6) is 0 Å². The molecule has 0 spiro atoms. The van der Waals surface area contributed by atoms with Crippen molar-refractivity contribution in [3.05, 3.63) is 28.1 Å². The number of rotatable bonds is 5. The fraction of sp³-hybridized carbons (Fsp3) is 0.462. The Morgan fingerprint density at radius 3 is 2.83 bits per heavy atom. The molecule has 0 aliphatic carbocycles. The van der Waals surface area contributed by atoms with E-state index >= 15 is 0 Å². The van der Waals surface area contributed by atoms with Gasteiger partial charge < -0.3 is 11.1 Å². The summed E-state index contributed by atoms with van der Waals surface area (Å²) in [6, 6.07) is 4.23. The van der Waals surface area contributed by atoms with E-state index in [0.29, 0.717) is 5.92 Å². The second-order valence-electron chi connectivity index (χ2n) is 4.68. The van der Waals surface area contributed by atoms with Crippen molar-refractivity contribution in [3.63, 3.8) is 0 Å². The topological polar surface area (TPSA) is 55.9 Å². The lowest BCUT2D eigenvalue weighted by Gasteiger charge is -2.07. The molecule has 0 aromatic carbocycles. The summed E-state index contributed by atoms with van der Waals surface area (Å²) >= 11 is 1.78. The molecule has 4 nitrogen and oxygen atoms in total. The lowest BCUT2D eigenvalue weighted by Crippen LogP contribution is -2.09. The first-order valence-corrected chi connectivity index (χ1v) is 7.06. The summed E-state index contributed by atoms with van der Waals surface area (Å²) in [5.74, 6) is 1.28. The van der Waals surface area contributed by atoms with Crippen LogP contribution in [-0.2, 0) is 13.5 Å². The number of nitrogens with two attached hydrogens (primary N) is 1. The maximum absolute atomic E-state index is 6.12. The molecule has 0 aliphatic rings. The highest BCUT2D eigenvalue weighted by atomic mass is 32.1. The summed E-state index contributed by atoms with van der Waals surface area (Å²) in [6.07, 6.45) is 1.01. The van der Waals surface area contributed by atoms with E-state index in [9.17, 15) is 0 Å². The summed E-state index contributed by atoms with van der Waals surface area (Å²) in [6.45, 7) is 5.09. The van der Waals surface area contributed by atoms with Crippen LogP contribution in [0.15, 0.2) is 17.5 Å². The lowest BCUT2D eigenvalue weighted by molar-refractivity contribution is 0.715. The van der Waals surface area contributed by atoms with E-state index < -0.39 is 0 Å². The van der Waals surface area contributed by atoms with E-state index in [0.717, 1.165) is 30.2 Å². The second kappa shape index (κ2) is 5.44. The van der Waals surface area contributed by atoms with E-state index in [1.807, 2.05) is 11.7 Å². The molecular formula is C13H20N4S. The summed E-state index contributed by atoms with van der Waals surface area (Å²) in [5.41, 5.74) is 7.87. The smallest absolute Gasteiger partial charge is 0.147 e. The van der Waals surface area contributed by atoms with Crippen LogP contribution < -0.4 is 11.1 Å². The Balaban J connectivity index is 2.01. The molecule has 2 heterocycles. The third-order valence-corrected chi connectivity index (χ3v) is 3.84.